The van der Waals surface area contributed by atoms with E-state index in [-0.39, 0.29) is 5.60 Å². The lowest BCUT2D eigenvalue weighted by atomic mass is 9.94. The van der Waals surface area contributed by atoms with Crippen LogP contribution in [0.3, 0.4) is 0 Å². The van der Waals surface area contributed by atoms with Gasteiger partial charge in [0.2, 0.25) is 0 Å². The Bertz CT molecular complexity index is 370. The van der Waals surface area contributed by atoms with Crippen LogP contribution >= 0.6 is 0 Å². The Kier molecular flexibility index (Phi) is 3.81. The zero-order valence-electron chi connectivity index (χ0n) is 10.6. The van der Waals surface area contributed by atoms with Crippen LogP contribution in [-0.2, 0) is 23.1 Å². The molecule has 96 valence electrons. The molecule has 17 heavy (non-hydrogen) atoms. The molecule has 1 aromatic heterocycles. The van der Waals surface area contributed by atoms with Gasteiger partial charge in [-0.25, -0.2) is 0 Å². The third-order valence-electron chi connectivity index (χ3n) is 3.40. The molecule has 2 heterocycles. The minimum atomic E-state index is -0.212. The lowest BCUT2D eigenvalue weighted by Crippen LogP contribution is -2.45. The number of nitrogens with zero attached hydrogens (tertiary/aromatic N) is 2. The average Bonchev–Trinajstić information content (AvgIpc) is 2.67. The molecular formula is C12H21N3O2. The molecule has 0 spiro atoms. The number of hydrogen-bond donors (Lipinski definition) is 1. The average molecular weight is 239 g/mol. The summed E-state index contributed by atoms with van der Waals surface area (Å²) in [5, 5.41) is 4.30. The molecule has 0 saturated carbocycles. The Labute approximate surface area is 102 Å². The second-order valence-electron chi connectivity index (χ2n) is 4.69. The van der Waals surface area contributed by atoms with Gasteiger partial charge < -0.3 is 15.2 Å². The minimum Gasteiger partial charge on any atom is -0.381 e. The number of aromatic nitrogens is 2. The monoisotopic (exact) mass is 239 g/mol. The van der Waals surface area contributed by atoms with Crippen molar-refractivity contribution in [2.75, 3.05) is 19.8 Å². The summed E-state index contributed by atoms with van der Waals surface area (Å²) in [4.78, 5) is 0. The highest BCUT2D eigenvalue weighted by Crippen LogP contribution is 2.25. The van der Waals surface area contributed by atoms with Crippen LogP contribution in [0.2, 0.25) is 0 Å². The summed E-state index contributed by atoms with van der Waals surface area (Å²) in [6.07, 6.45) is 1.75. The summed E-state index contributed by atoms with van der Waals surface area (Å²) in [6.45, 7) is 4.57. The summed E-state index contributed by atoms with van der Waals surface area (Å²) in [5.41, 5.74) is 7.73. The molecule has 1 saturated heterocycles. The zero-order chi connectivity index (χ0) is 12.3. The van der Waals surface area contributed by atoms with Gasteiger partial charge in [0, 0.05) is 39.6 Å². The molecule has 1 aromatic rings. The molecule has 1 aliphatic heterocycles. The van der Waals surface area contributed by atoms with Gasteiger partial charge in [0.25, 0.3) is 0 Å². The fraction of sp³-hybridized carbons (Fsp3) is 0.750. The Hall–Kier alpha value is -0.910. The second kappa shape index (κ2) is 5.16. The lowest BCUT2D eigenvalue weighted by Gasteiger charge is -2.36. The normalized spacial score (nSPS) is 19.5. The van der Waals surface area contributed by atoms with Crippen molar-refractivity contribution in [2.45, 2.75) is 32.0 Å². The molecule has 0 radical (unpaired) electrons. The van der Waals surface area contributed by atoms with Crippen molar-refractivity contribution >= 4 is 0 Å². The third-order valence-corrected chi connectivity index (χ3v) is 3.40. The molecule has 1 aliphatic rings. The highest BCUT2D eigenvalue weighted by molar-refractivity contribution is 5.07. The largest absolute Gasteiger partial charge is 0.381 e. The van der Waals surface area contributed by atoms with E-state index in [0.717, 1.165) is 37.4 Å². The van der Waals surface area contributed by atoms with E-state index < -0.39 is 0 Å². The molecule has 5 heteroatoms. The summed E-state index contributed by atoms with van der Waals surface area (Å²) >= 11 is 0. The van der Waals surface area contributed by atoms with E-state index in [4.69, 9.17) is 15.2 Å². The molecule has 0 aliphatic carbocycles. The smallest absolute Gasteiger partial charge is 0.0892 e. The van der Waals surface area contributed by atoms with Crippen molar-refractivity contribution in [3.05, 3.63) is 17.5 Å². The van der Waals surface area contributed by atoms with Gasteiger partial charge in [-0.2, -0.15) is 5.10 Å². The number of ether oxygens (including phenoxy) is 2. The van der Waals surface area contributed by atoms with Crippen LogP contribution in [-0.4, -0.2) is 35.1 Å². The van der Waals surface area contributed by atoms with Crippen molar-refractivity contribution in [2.24, 2.45) is 12.8 Å². The van der Waals surface area contributed by atoms with Crippen molar-refractivity contribution < 1.29 is 9.47 Å². The first-order valence-corrected chi connectivity index (χ1v) is 6.06. The van der Waals surface area contributed by atoms with Gasteiger partial charge in [-0.1, -0.05) is 0 Å². The van der Waals surface area contributed by atoms with Gasteiger partial charge in [-0.05, 0) is 13.0 Å². The van der Waals surface area contributed by atoms with Crippen molar-refractivity contribution in [1.82, 2.24) is 9.78 Å². The molecule has 0 aromatic carbocycles. The second-order valence-corrected chi connectivity index (χ2v) is 4.69. The van der Waals surface area contributed by atoms with E-state index in [1.54, 1.807) is 0 Å². The van der Waals surface area contributed by atoms with Crippen molar-refractivity contribution in [3.8, 4) is 0 Å². The van der Waals surface area contributed by atoms with Gasteiger partial charge in [0.1, 0.15) is 0 Å². The van der Waals surface area contributed by atoms with Gasteiger partial charge in [-0.15, -0.1) is 0 Å². The van der Waals surface area contributed by atoms with Crippen LogP contribution in [0.4, 0.5) is 0 Å². The minimum absolute atomic E-state index is 0.212. The van der Waals surface area contributed by atoms with Crippen LogP contribution in [0.15, 0.2) is 6.07 Å². The molecule has 2 rings (SSSR count). The number of nitrogens with two attached hydrogens (primary N) is 1. The summed E-state index contributed by atoms with van der Waals surface area (Å²) in [6, 6.07) is 2.05. The van der Waals surface area contributed by atoms with E-state index in [1.807, 2.05) is 24.7 Å². The molecule has 0 atom stereocenters. The van der Waals surface area contributed by atoms with Gasteiger partial charge in [-0.3, -0.25) is 4.68 Å². The Morgan fingerprint density at radius 2 is 2.24 bits per heavy atom. The maximum absolute atomic E-state index is 6.03. The van der Waals surface area contributed by atoms with E-state index in [1.165, 1.54) is 0 Å². The van der Waals surface area contributed by atoms with E-state index >= 15 is 0 Å². The Morgan fingerprint density at radius 1 is 1.53 bits per heavy atom. The molecule has 0 unspecified atom stereocenters. The highest BCUT2D eigenvalue weighted by atomic mass is 16.5. The van der Waals surface area contributed by atoms with Crippen molar-refractivity contribution in [3.63, 3.8) is 0 Å². The van der Waals surface area contributed by atoms with Crippen LogP contribution < -0.4 is 5.73 Å². The first-order valence-electron chi connectivity index (χ1n) is 6.06. The topological polar surface area (TPSA) is 62.3 Å². The van der Waals surface area contributed by atoms with Crippen LogP contribution in [0.5, 0.6) is 0 Å². The lowest BCUT2D eigenvalue weighted by molar-refractivity contribution is -0.113. The molecular weight excluding hydrogens is 218 g/mol. The molecule has 0 bridgehead atoms. The summed E-state index contributed by atoms with van der Waals surface area (Å²) < 4.78 is 13.2. The molecule has 2 N–H and O–H groups in total. The van der Waals surface area contributed by atoms with Crippen LogP contribution in [0, 0.1) is 6.92 Å². The number of aryl methyl sites for hydroxylation is 2. The maximum Gasteiger partial charge on any atom is 0.0892 e. The third kappa shape index (κ3) is 2.86. The first-order chi connectivity index (χ1) is 8.15. The van der Waals surface area contributed by atoms with E-state index in [2.05, 4.69) is 5.10 Å². The predicted octanol–water partition coefficient (Wildman–Crippen LogP) is 0.753. The first kappa shape index (κ1) is 12.5. The maximum atomic E-state index is 6.03. The zero-order valence-corrected chi connectivity index (χ0v) is 10.6. The fourth-order valence-electron chi connectivity index (χ4n) is 2.18. The Balaban J connectivity index is 1.98. The summed E-state index contributed by atoms with van der Waals surface area (Å²) in [5.74, 6) is 0. The van der Waals surface area contributed by atoms with Crippen LogP contribution in [0.25, 0.3) is 0 Å². The fourth-order valence-corrected chi connectivity index (χ4v) is 2.18. The predicted molar refractivity (Wildman–Crippen MR) is 64.6 cm³/mol. The van der Waals surface area contributed by atoms with Crippen LogP contribution in [0.1, 0.15) is 24.2 Å². The van der Waals surface area contributed by atoms with Gasteiger partial charge in [0.05, 0.1) is 23.6 Å². The van der Waals surface area contributed by atoms with Crippen molar-refractivity contribution in [1.29, 1.82) is 0 Å². The molecule has 1 fully saturated rings. The number of rotatable bonds is 4. The highest BCUT2D eigenvalue weighted by Gasteiger charge is 2.32. The summed E-state index contributed by atoms with van der Waals surface area (Å²) in [7, 11) is 1.94. The van der Waals surface area contributed by atoms with Gasteiger partial charge in [0.15, 0.2) is 0 Å². The molecule has 0 amide bonds. The molecule has 5 nitrogen and oxygen atoms in total. The van der Waals surface area contributed by atoms with E-state index in [9.17, 15) is 0 Å². The van der Waals surface area contributed by atoms with Gasteiger partial charge >= 0.3 is 0 Å². The standard InChI is InChI=1S/C12H21N3O2/c1-10-7-11(15(2)14-10)8-17-12(9-13)3-5-16-6-4-12/h7H,3-6,8-9,13H2,1-2H3. The van der Waals surface area contributed by atoms with E-state index in [0.29, 0.717) is 13.2 Å². The Morgan fingerprint density at radius 3 is 2.76 bits per heavy atom. The SMILES string of the molecule is Cc1cc(COC2(CN)CCOCC2)n(C)n1. The number of hydrogen-bond acceptors (Lipinski definition) is 4. The quantitative estimate of drug-likeness (QED) is 0.842.